The summed E-state index contributed by atoms with van der Waals surface area (Å²) in [5.41, 5.74) is 6.60. The van der Waals surface area contributed by atoms with Crippen LogP contribution in [0, 0.1) is 5.41 Å². The minimum Gasteiger partial charge on any atom is -0.349 e. The van der Waals surface area contributed by atoms with Gasteiger partial charge < -0.3 is 11.1 Å². The lowest BCUT2D eigenvalue weighted by Gasteiger charge is -2.31. The van der Waals surface area contributed by atoms with Crippen molar-refractivity contribution in [3.63, 3.8) is 0 Å². The van der Waals surface area contributed by atoms with Crippen molar-refractivity contribution < 1.29 is 4.79 Å². The number of amides is 1. The summed E-state index contributed by atoms with van der Waals surface area (Å²) in [6.07, 6.45) is 6.40. The predicted octanol–water partition coefficient (Wildman–Crippen LogP) is 3.82. The summed E-state index contributed by atoms with van der Waals surface area (Å²) in [6.45, 7) is 2.42. The molecule has 1 aliphatic rings. The number of benzene rings is 1. The Labute approximate surface area is 132 Å². The molecule has 0 spiro atoms. The van der Waals surface area contributed by atoms with Gasteiger partial charge in [-0.2, -0.15) is 0 Å². The standard InChI is InChI=1S/C17H25ClN2O/c1-13(14-7-6-8-15(18)11-14)20-16(21)17(12-19)9-4-2-3-5-10-17/h6-8,11,13H,2-5,9-10,12,19H2,1H3,(H,20,21)/t13-/m1/s1. The Hall–Kier alpha value is -1.06. The second-order valence-corrected chi connectivity index (χ2v) is 6.59. The van der Waals surface area contributed by atoms with Crippen molar-refractivity contribution in [2.75, 3.05) is 6.54 Å². The quantitative estimate of drug-likeness (QED) is 0.831. The largest absolute Gasteiger partial charge is 0.349 e. The highest BCUT2D eigenvalue weighted by atomic mass is 35.5. The lowest BCUT2D eigenvalue weighted by Crippen LogP contribution is -2.46. The van der Waals surface area contributed by atoms with Crippen LogP contribution in [0.2, 0.25) is 5.02 Å². The van der Waals surface area contributed by atoms with Gasteiger partial charge in [-0.1, -0.05) is 49.4 Å². The molecule has 1 saturated carbocycles. The van der Waals surface area contributed by atoms with Crippen LogP contribution < -0.4 is 11.1 Å². The first-order chi connectivity index (χ1) is 10.1. The van der Waals surface area contributed by atoms with Crippen LogP contribution in [0.3, 0.4) is 0 Å². The Morgan fingerprint density at radius 1 is 1.33 bits per heavy atom. The lowest BCUT2D eigenvalue weighted by molar-refractivity contribution is -0.132. The average molecular weight is 309 g/mol. The summed E-state index contributed by atoms with van der Waals surface area (Å²) in [5, 5.41) is 3.83. The molecule has 1 aromatic carbocycles. The highest BCUT2D eigenvalue weighted by molar-refractivity contribution is 6.30. The Morgan fingerprint density at radius 3 is 2.57 bits per heavy atom. The van der Waals surface area contributed by atoms with Gasteiger partial charge in [-0.15, -0.1) is 0 Å². The average Bonchev–Trinajstić information content (AvgIpc) is 2.73. The van der Waals surface area contributed by atoms with Gasteiger partial charge in [-0.05, 0) is 37.5 Å². The number of nitrogens with two attached hydrogens (primary N) is 1. The molecule has 0 radical (unpaired) electrons. The van der Waals surface area contributed by atoms with Crippen LogP contribution in [0.1, 0.15) is 57.1 Å². The van der Waals surface area contributed by atoms with Crippen molar-refractivity contribution in [2.45, 2.75) is 51.5 Å². The summed E-state index contributed by atoms with van der Waals surface area (Å²) < 4.78 is 0. The molecule has 1 fully saturated rings. The van der Waals surface area contributed by atoms with E-state index in [0.717, 1.165) is 31.2 Å². The van der Waals surface area contributed by atoms with E-state index in [0.29, 0.717) is 11.6 Å². The zero-order valence-electron chi connectivity index (χ0n) is 12.7. The number of carbonyl (C=O) groups is 1. The van der Waals surface area contributed by atoms with Crippen molar-refractivity contribution in [1.29, 1.82) is 0 Å². The maximum Gasteiger partial charge on any atom is 0.227 e. The Bertz CT molecular complexity index is 481. The van der Waals surface area contributed by atoms with Crippen molar-refractivity contribution in [1.82, 2.24) is 5.32 Å². The predicted molar refractivity (Wildman–Crippen MR) is 87.2 cm³/mol. The zero-order valence-corrected chi connectivity index (χ0v) is 13.5. The molecule has 3 nitrogen and oxygen atoms in total. The smallest absolute Gasteiger partial charge is 0.227 e. The van der Waals surface area contributed by atoms with E-state index in [1.54, 1.807) is 0 Å². The van der Waals surface area contributed by atoms with Crippen LogP contribution in [0.4, 0.5) is 0 Å². The highest BCUT2D eigenvalue weighted by Crippen LogP contribution is 2.35. The highest BCUT2D eigenvalue weighted by Gasteiger charge is 2.37. The van der Waals surface area contributed by atoms with Gasteiger partial charge in [0.1, 0.15) is 0 Å². The molecule has 1 aliphatic carbocycles. The molecule has 1 amide bonds. The third-order valence-electron chi connectivity index (χ3n) is 4.63. The molecule has 0 saturated heterocycles. The van der Waals surface area contributed by atoms with Crippen molar-refractivity contribution in [2.24, 2.45) is 11.1 Å². The lowest BCUT2D eigenvalue weighted by atomic mass is 9.79. The molecule has 0 aliphatic heterocycles. The molecule has 1 aromatic rings. The summed E-state index contributed by atoms with van der Waals surface area (Å²) in [4.78, 5) is 12.7. The van der Waals surface area contributed by atoms with Gasteiger partial charge in [0.25, 0.3) is 0 Å². The summed E-state index contributed by atoms with van der Waals surface area (Å²) >= 11 is 6.02. The fourth-order valence-corrected chi connectivity index (χ4v) is 3.34. The van der Waals surface area contributed by atoms with E-state index in [4.69, 9.17) is 17.3 Å². The van der Waals surface area contributed by atoms with Crippen LogP contribution in [0.15, 0.2) is 24.3 Å². The van der Waals surface area contributed by atoms with Gasteiger partial charge in [0.05, 0.1) is 11.5 Å². The van der Waals surface area contributed by atoms with E-state index < -0.39 is 0 Å². The van der Waals surface area contributed by atoms with Crippen LogP contribution in [-0.2, 0) is 4.79 Å². The van der Waals surface area contributed by atoms with E-state index >= 15 is 0 Å². The molecule has 3 N–H and O–H groups in total. The summed E-state index contributed by atoms with van der Waals surface area (Å²) in [5.74, 6) is 0.0966. The van der Waals surface area contributed by atoms with Gasteiger partial charge in [0.2, 0.25) is 5.91 Å². The fraction of sp³-hybridized carbons (Fsp3) is 0.588. The first-order valence-electron chi connectivity index (χ1n) is 7.84. The van der Waals surface area contributed by atoms with E-state index in [1.165, 1.54) is 12.8 Å². The first-order valence-corrected chi connectivity index (χ1v) is 8.22. The zero-order chi connectivity index (χ0) is 15.3. The number of hydrogen-bond acceptors (Lipinski definition) is 2. The first kappa shape index (κ1) is 16.3. The Kier molecular flexibility index (Phi) is 5.65. The third kappa shape index (κ3) is 3.98. The normalized spacial score (nSPS) is 19.6. The van der Waals surface area contributed by atoms with Crippen LogP contribution in [-0.4, -0.2) is 12.5 Å². The van der Waals surface area contributed by atoms with Crippen molar-refractivity contribution in [3.8, 4) is 0 Å². The van der Waals surface area contributed by atoms with Gasteiger partial charge in [0, 0.05) is 11.6 Å². The second-order valence-electron chi connectivity index (χ2n) is 6.15. The third-order valence-corrected chi connectivity index (χ3v) is 4.86. The molecule has 116 valence electrons. The minimum atomic E-state index is -0.386. The minimum absolute atomic E-state index is 0.0529. The van der Waals surface area contributed by atoms with Crippen LogP contribution >= 0.6 is 11.6 Å². The number of halogens is 1. The van der Waals surface area contributed by atoms with E-state index in [-0.39, 0.29) is 17.4 Å². The second kappa shape index (κ2) is 7.28. The number of hydrogen-bond donors (Lipinski definition) is 2. The molecule has 4 heteroatoms. The van der Waals surface area contributed by atoms with Crippen LogP contribution in [0.25, 0.3) is 0 Å². The molecule has 1 atom stereocenters. The van der Waals surface area contributed by atoms with Crippen LogP contribution in [0.5, 0.6) is 0 Å². The van der Waals surface area contributed by atoms with Crippen molar-refractivity contribution in [3.05, 3.63) is 34.9 Å². The van der Waals surface area contributed by atoms with Crippen molar-refractivity contribution >= 4 is 17.5 Å². The molecule has 2 rings (SSSR count). The monoisotopic (exact) mass is 308 g/mol. The SMILES string of the molecule is C[C@@H](NC(=O)C1(CN)CCCCCC1)c1cccc(Cl)c1. The van der Waals surface area contributed by atoms with E-state index in [1.807, 2.05) is 31.2 Å². The number of nitrogens with one attached hydrogen (secondary N) is 1. The molecule has 0 unspecified atom stereocenters. The molecular formula is C17H25ClN2O. The summed E-state index contributed by atoms with van der Waals surface area (Å²) in [7, 11) is 0. The number of carbonyl (C=O) groups excluding carboxylic acids is 1. The molecule has 21 heavy (non-hydrogen) atoms. The van der Waals surface area contributed by atoms with Gasteiger partial charge in [-0.3, -0.25) is 4.79 Å². The van der Waals surface area contributed by atoms with E-state index in [9.17, 15) is 4.79 Å². The molecule has 0 heterocycles. The molecule has 0 aromatic heterocycles. The topological polar surface area (TPSA) is 55.1 Å². The van der Waals surface area contributed by atoms with E-state index in [2.05, 4.69) is 5.32 Å². The maximum absolute atomic E-state index is 12.7. The van der Waals surface area contributed by atoms with Gasteiger partial charge in [-0.25, -0.2) is 0 Å². The Morgan fingerprint density at radius 2 is 2.00 bits per heavy atom. The Balaban J connectivity index is 2.08. The van der Waals surface area contributed by atoms with Gasteiger partial charge in [0.15, 0.2) is 0 Å². The molecular weight excluding hydrogens is 284 g/mol. The van der Waals surface area contributed by atoms with Gasteiger partial charge >= 0.3 is 0 Å². The molecule has 0 bridgehead atoms. The number of rotatable bonds is 4. The maximum atomic E-state index is 12.7. The summed E-state index contributed by atoms with van der Waals surface area (Å²) in [6, 6.07) is 7.58. The fourth-order valence-electron chi connectivity index (χ4n) is 3.14.